The van der Waals surface area contributed by atoms with E-state index in [0.29, 0.717) is 12.1 Å². The maximum absolute atomic E-state index is 14.1. The Hall–Kier alpha value is -3.44. The molecule has 0 aliphatic rings. The zero-order chi connectivity index (χ0) is 20.8. The number of ether oxygens (including phenoxy) is 1. The number of rotatable bonds is 3. The molecule has 1 aromatic carbocycles. The van der Waals surface area contributed by atoms with E-state index in [-0.39, 0.29) is 11.1 Å². The van der Waals surface area contributed by atoms with Crippen molar-refractivity contribution in [2.24, 2.45) is 0 Å². The molecule has 7 nitrogen and oxygen atoms in total. The van der Waals surface area contributed by atoms with E-state index in [1.54, 1.807) is 0 Å². The molecule has 148 valence electrons. The average Bonchev–Trinajstić information content (AvgIpc) is 2.95. The fourth-order valence-electron chi connectivity index (χ4n) is 2.60. The van der Waals surface area contributed by atoms with Gasteiger partial charge in [-0.05, 0) is 19.1 Å². The zero-order valence-electron chi connectivity index (χ0n) is 13.9. The summed E-state index contributed by atoms with van der Waals surface area (Å²) in [5.41, 5.74) is -6.31. The standard InChI is InChI=1S/C16H10F5N3O4/c1-2-28-15(27)10-13(25)22-12-9(7-4-3-6(17)5-8(7)18)11(16(19,20)21)23-24(12)14(10)26/h3-5,26H,2H2,1H3,(H,22,25). The van der Waals surface area contributed by atoms with Crippen molar-refractivity contribution < 1.29 is 36.6 Å². The van der Waals surface area contributed by atoms with E-state index >= 15 is 0 Å². The van der Waals surface area contributed by atoms with Crippen molar-refractivity contribution in [3.05, 3.63) is 51.4 Å². The van der Waals surface area contributed by atoms with Crippen LogP contribution in [0.2, 0.25) is 0 Å². The monoisotopic (exact) mass is 403 g/mol. The van der Waals surface area contributed by atoms with E-state index < -0.39 is 63.3 Å². The maximum atomic E-state index is 14.1. The molecule has 0 bridgehead atoms. The molecular formula is C16H10F5N3O4. The molecule has 3 aromatic rings. The highest BCUT2D eigenvalue weighted by molar-refractivity contribution is 5.92. The van der Waals surface area contributed by atoms with Crippen LogP contribution >= 0.6 is 0 Å². The molecule has 0 aliphatic carbocycles. The summed E-state index contributed by atoms with van der Waals surface area (Å²) < 4.78 is 72.5. The third-order valence-corrected chi connectivity index (χ3v) is 3.72. The van der Waals surface area contributed by atoms with Crippen molar-refractivity contribution in [1.29, 1.82) is 0 Å². The topological polar surface area (TPSA) is 96.7 Å². The molecule has 0 atom stereocenters. The van der Waals surface area contributed by atoms with Crippen LogP contribution in [0.4, 0.5) is 22.0 Å². The van der Waals surface area contributed by atoms with Crippen LogP contribution in [0, 0.1) is 11.6 Å². The molecule has 0 radical (unpaired) electrons. The number of esters is 1. The number of halogens is 5. The SMILES string of the molecule is CCOC(=O)c1c(O)n2nc(C(F)(F)F)c(-c3ccc(F)cc3F)c2[nH]c1=O. The highest BCUT2D eigenvalue weighted by atomic mass is 19.4. The van der Waals surface area contributed by atoms with Crippen molar-refractivity contribution in [2.75, 3.05) is 6.61 Å². The van der Waals surface area contributed by atoms with Gasteiger partial charge in [0.2, 0.25) is 5.88 Å². The summed E-state index contributed by atoms with van der Waals surface area (Å²) in [7, 11) is 0. The second-order valence-electron chi connectivity index (χ2n) is 5.48. The summed E-state index contributed by atoms with van der Waals surface area (Å²) in [6.45, 7) is 1.24. The van der Waals surface area contributed by atoms with Gasteiger partial charge in [0.05, 0.1) is 12.2 Å². The van der Waals surface area contributed by atoms with Gasteiger partial charge >= 0.3 is 12.1 Å². The molecule has 2 heterocycles. The van der Waals surface area contributed by atoms with Gasteiger partial charge in [-0.3, -0.25) is 4.79 Å². The zero-order valence-corrected chi connectivity index (χ0v) is 13.9. The van der Waals surface area contributed by atoms with E-state index in [1.165, 1.54) is 6.92 Å². The Morgan fingerprint density at radius 2 is 2.00 bits per heavy atom. The van der Waals surface area contributed by atoms with Crippen LogP contribution in [0.1, 0.15) is 23.0 Å². The van der Waals surface area contributed by atoms with Gasteiger partial charge in [-0.15, -0.1) is 0 Å². The molecule has 2 N–H and O–H groups in total. The van der Waals surface area contributed by atoms with Gasteiger partial charge in [-0.2, -0.15) is 22.8 Å². The number of aromatic nitrogens is 3. The number of fused-ring (bicyclic) bond motifs is 1. The van der Waals surface area contributed by atoms with Gasteiger partial charge < -0.3 is 14.8 Å². The first kappa shape index (κ1) is 19.3. The lowest BCUT2D eigenvalue weighted by atomic mass is 10.0. The summed E-state index contributed by atoms with van der Waals surface area (Å²) in [5.74, 6) is -4.90. The van der Waals surface area contributed by atoms with E-state index in [1.807, 2.05) is 4.98 Å². The first-order chi connectivity index (χ1) is 13.1. The van der Waals surface area contributed by atoms with Crippen LogP contribution in [0.15, 0.2) is 23.0 Å². The number of benzene rings is 1. The number of hydrogen-bond donors (Lipinski definition) is 2. The number of nitrogens with one attached hydrogen (secondary N) is 1. The lowest BCUT2D eigenvalue weighted by molar-refractivity contribution is -0.140. The molecular weight excluding hydrogens is 393 g/mol. The minimum atomic E-state index is -5.13. The van der Waals surface area contributed by atoms with Crippen LogP contribution < -0.4 is 5.56 Å². The third-order valence-electron chi connectivity index (χ3n) is 3.72. The number of H-pyrrole nitrogens is 1. The van der Waals surface area contributed by atoms with Gasteiger partial charge in [0.1, 0.15) is 17.3 Å². The Labute approximate surface area is 152 Å². The molecule has 0 fully saturated rings. The highest BCUT2D eigenvalue weighted by Gasteiger charge is 2.40. The Morgan fingerprint density at radius 1 is 1.32 bits per heavy atom. The molecule has 0 saturated heterocycles. The van der Waals surface area contributed by atoms with Gasteiger partial charge in [-0.1, -0.05) is 0 Å². The molecule has 28 heavy (non-hydrogen) atoms. The van der Waals surface area contributed by atoms with Crippen LogP contribution in [-0.2, 0) is 10.9 Å². The normalized spacial score (nSPS) is 11.8. The number of nitrogens with zero attached hydrogens (tertiary/aromatic N) is 2. The Kier molecular flexibility index (Phi) is 4.57. The second-order valence-corrected chi connectivity index (χ2v) is 5.48. The number of alkyl halides is 3. The molecule has 2 aromatic heterocycles. The second kappa shape index (κ2) is 6.62. The smallest absolute Gasteiger partial charge is 0.435 e. The number of carbonyl (C=O) groups is 1. The number of carbonyl (C=O) groups excluding carboxylic acids is 1. The van der Waals surface area contributed by atoms with Crippen molar-refractivity contribution in [2.45, 2.75) is 13.1 Å². The Balaban J connectivity index is 2.43. The molecule has 0 amide bonds. The van der Waals surface area contributed by atoms with Gasteiger partial charge in [0, 0.05) is 11.6 Å². The molecule has 0 unspecified atom stereocenters. The summed E-state index contributed by atoms with van der Waals surface area (Å²) >= 11 is 0. The summed E-state index contributed by atoms with van der Waals surface area (Å²) in [6, 6.07) is 1.79. The molecule has 0 spiro atoms. The summed E-state index contributed by atoms with van der Waals surface area (Å²) in [6.07, 6.45) is -5.13. The van der Waals surface area contributed by atoms with Gasteiger partial charge in [-0.25, -0.2) is 13.6 Å². The van der Waals surface area contributed by atoms with Crippen molar-refractivity contribution in [1.82, 2.24) is 14.6 Å². The molecule has 12 heteroatoms. The predicted molar refractivity (Wildman–Crippen MR) is 83.8 cm³/mol. The lowest BCUT2D eigenvalue weighted by Crippen LogP contribution is -2.22. The first-order valence-corrected chi connectivity index (χ1v) is 7.64. The highest BCUT2D eigenvalue weighted by Crippen LogP contribution is 2.40. The Bertz CT molecular complexity index is 1150. The van der Waals surface area contributed by atoms with Crippen LogP contribution in [-0.4, -0.2) is 32.3 Å². The van der Waals surface area contributed by atoms with Crippen LogP contribution in [0.5, 0.6) is 5.88 Å². The van der Waals surface area contributed by atoms with Crippen LogP contribution in [0.3, 0.4) is 0 Å². The number of aromatic amines is 1. The minimum absolute atomic E-state index is 0.172. The van der Waals surface area contributed by atoms with Crippen molar-refractivity contribution >= 4 is 11.6 Å². The quantitative estimate of drug-likeness (QED) is 0.518. The van der Waals surface area contributed by atoms with E-state index in [2.05, 4.69) is 9.84 Å². The maximum Gasteiger partial charge on any atom is 0.435 e. The third kappa shape index (κ3) is 3.06. The van der Waals surface area contributed by atoms with Crippen molar-refractivity contribution in [3.63, 3.8) is 0 Å². The van der Waals surface area contributed by atoms with Crippen molar-refractivity contribution in [3.8, 4) is 17.0 Å². The van der Waals surface area contributed by atoms with E-state index in [9.17, 15) is 36.6 Å². The molecule has 0 aliphatic heterocycles. The fraction of sp³-hybridized carbons (Fsp3) is 0.188. The number of hydrogen-bond acceptors (Lipinski definition) is 5. The summed E-state index contributed by atoms with van der Waals surface area (Å²) in [4.78, 5) is 25.9. The minimum Gasteiger partial charge on any atom is -0.492 e. The van der Waals surface area contributed by atoms with Crippen LogP contribution in [0.25, 0.3) is 16.8 Å². The predicted octanol–water partition coefficient (Wildman–Crippen LogP) is 2.87. The van der Waals surface area contributed by atoms with E-state index in [4.69, 9.17) is 0 Å². The van der Waals surface area contributed by atoms with Gasteiger partial charge in [0.15, 0.2) is 11.3 Å². The first-order valence-electron chi connectivity index (χ1n) is 7.64. The fourth-order valence-corrected chi connectivity index (χ4v) is 2.60. The van der Waals surface area contributed by atoms with Gasteiger partial charge in [0.25, 0.3) is 5.56 Å². The average molecular weight is 403 g/mol. The summed E-state index contributed by atoms with van der Waals surface area (Å²) in [5, 5.41) is 13.3. The molecule has 0 saturated carbocycles. The number of aromatic hydroxyl groups is 1. The Morgan fingerprint density at radius 3 is 2.57 bits per heavy atom. The van der Waals surface area contributed by atoms with E-state index in [0.717, 1.165) is 6.07 Å². The lowest BCUT2D eigenvalue weighted by Gasteiger charge is -2.08. The largest absolute Gasteiger partial charge is 0.492 e. The molecule has 3 rings (SSSR count).